The average Bonchev–Trinajstić information content (AvgIpc) is 3.33. The number of halogens is 1. The standard InChI is InChI=1S/C23H27ClN8O2/c24-19-3-1-18(2-4-19)17-32-6-5-25-22(32)16-26-29-20-15-21(30-7-11-33-12-8-30)28-23(27-20)31-9-13-34-14-10-31/h1-6,15-16H,7-14,17H2,(H,27,28,29)/b26-16+. The quantitative estimate of drug-likeness (QED) is 0.405. The summed E-state index contributed by atoms with van der Waals surface area (Å²) >= 11 is 6.00. The summed E-state index contributed by atoms with van der Waals surface area (Å²) < 4.78 is 13.0. The average molecular weight is 483 g/mol. The number of morpholine rings is 2. The van der Waals surface area contributed by atoms with E-state index in [0.717, 1.165) is 48.4 Å². The van der Waals surface area contributed by atoms with Crippen molar-refractivity contribution in [2.24, 2.45) is 5.10 Å². The van der Waals surface area contributed by atoms with E-state index in [-0.39, 0.29) is 0 Å². The zero-order valence-corrected chi connectivity index (χ0v) is 19.6. The maximum Gasteiger partial charge on any atom is 0.229 e. The summed E-state index contributed by atoms with van der Waals surface area (Å²) in [5.41, 5.74) is 4.20. The first-order valence-electron chi connectivity index (χ1n) is 11.3. The predicted molar refractivity (Wildman–Crippen MR) is 132 cm³/mol. The van der Waals surface area contributed by atoms with Gasteiger partial charge in [0.25, 0.3) is 0 Å². The van der Waals surface area contributed by atoms with Gasteiger partial charge in [0.2, 0.25) is 5.95 Å². The minimum atomic E-state index is 0.630. The van der Waals surface area contributed by atoms with Gasteiger partial charge in [0.05, 0.1) is 32.6 Å². The maximum atomic E-state index is 6.00. The van der Waals surface area contributed by atoms with Crippen molar-refractivity contribution in [3.05, 3.63) is 59.1 Å². The minimum Gasteiger partial charge on any atom is -0.378 e. The molecule has 5 rings (SSSR count). The molecule has 3 aromatic rings. The molecular formula is C23H27ClN8O2. The Morgan fingerprint density at radius 1 is 0.971 bits per heavy atom. The number of ether oxygens (including phenoxy) is 2. The number of benzene rings is 1. The van der Waals surface area contributed by atoms with Crippen LogP contribution < -0.4 is 15.2 Å². The third-order valence-electron chi connectivity index (χ3n) is 5.70. The van der Waals surface area contributed by atoms with E-state index in [0.29, 0.717) is 44.7 Å². The molecular weight excluding hydrogens is 456 g/mol. The van der Waals surface area contributed by atoms with Crippen LogP contribution in [0.4, 0.5) is 17.6 Å². The molecule has 1 aromatic carbocycles. The molecule has 178 valence electrons. The Morgan fingerprint density at radius 3 is 2.41 bits per heavy atom. The molecule has 10 nitrogen and oxygen atoms in total. The molecule has 2 aliphatic rings. The Hall–Kier alpha value is -3.21. The molecule has 0 atom stereocenters. The van der Waals surface area contributed by atoms with Crippen LogP contribution in [-0.4, -0.2) is 78.3 Å². The highest BCUT2D eigenvalue weighted by Crippen LogP contribution is 2.22. The summed E-state index contributed by atoms with van der Waals surface area (Å²) in [5.74, 6) is 2.90. The van der Waals surface area contributed by atoms with Gasteiger partial charge in [0.15, 0.2) is 11.6 Å². The van der Waals surface area contributed by atoms with Crippen LogP contribution in [-0.2, 0) is 16.0 Å². The maximum absolute atomic E-state index is 6.00. The van der Waals surface area contributed by atoms with Gasteiger partial charge in [-0.1, -0.05) is 23.7 Å². The second kappa shape index (κ2) is 10.8. The number of anilines is 3. The van der Waals surface area contributed by atoms with Gasteiger partial charge in [-0.2, -0.15) is 15.1 Å². The van der Waals surface area contributed by atoms with E-state index in [1.54, 1.807) is 12.4 Å². The number of hydrazone groups is 1. The van der Waals surface area contributed by atoms with Gasteiger partial charge in [-0.05, 0) is 17.7 Å². The van der Waals surface area contributed by atoms with Gasteiger partial charge in [0, 0.05) is 56.2 Å². The van der Waals surface area contributed by atoms with E-state index in [1.165, 1.54) is 0 Å². The summed E-state index contributed by atoms with van der Waals surface area (Å²) in [7, 11) is 0. The first-order valence-corrected chi connectivity index (χ1v) is 11.7. The Labute approximate surface area is 203 Å². The van der Waals surface area contributed by atoms with E-state index >= 15 is 0 Å². The van der Waals surface area contributed by atoms with Crippen molar-refractivity contribution in [1.82, 2.24) is 19.5 Å². The molecule has 2 fully saturated rings. The molecule has 0 amide bonds. The Kier molecular flexibility index (Phi) is 7.18. The first kappa shape index (κ1) is 22.6. The van der Waals surface area contributed by atoms with E-state index in [1.807, 2.05) is 41.1 Å². The highest BCUT2D eigenvalue weighted by Gasteiger charge is 2.19. The van der Waals surface area contributed by atoms with E-state index in [9.17, 15) is 0 Å². The third-order valence-corrected chi connectivity index (χ3v) is 5.95. The third kappa shape index (κ3) is 5.64. The fourth-order valence-electron chi connectivity index (χ4n) is 3.86. The van der Waals surface area contributed by atoms with E-state index in [2.05, 4.69) is 25.3 Å². The molecule has 2 saturated heterocycles. The minimum absolute atomic E-state index is 0.630. The number of aromatic nitrogens is 4. The number of nitrogens with zero attached hydrogens (tertiary/aromatic N) is 7. The second-order valence-corrected chi connectivity index (χ2v) is 8.46. The van der Waals surface area contributed by atoms with Gasteiger partial charge in [-0.25, -0.2) is 4.98 Å². The largest absolute Gasteiger partial charge is 0.378 e. The van der Waals surface area contributed by atoms with Crippen LogP contribution in [0.3, 0.4) is 0 Å². The molecule has 0 unspecified atom stereocenters. The molecule has 4 heterocycles. The van der Waals surface area contributed by atoms with Crippen molar-refractivity contribution in [1.29, 1.82) is 0 Å². The molecule has 2 aromatic heterocycles. The van der Waals surface area contributed by atoms with Crippen LogP contribution in [0.5, 0.6) is 0 Å². The number of imidazole rings is 1. The topological polar surface area (TPSA) is 92.9 Å². The van der Waals surface area contributed by atoms with Crippen molar-refractivity contribution in [3.63, 3.8) is 0 Å². The van der Waals surface area contributed by atoms with Crippen LogP contribution >= 0.6 is 11.6 Å². The van der Waals surface area contributed by atoms with Crippen molar-refractivity contribution >= 4 is 35.4 Å². The lowest BCUT2D eigenvalue weighted by Crippen LogP contribution is -2.39. The molecule has 0 radical (unpaired) electrons. The van der Waals surface area contributed by atoms with Crippen molar-refractivity contribution in [3.8, 4) is 0 Å². The van der Waals surface area contributed by atoms with Gasteiger partial charge in [-0.3, -0.25) is 5.43 Å². The number of rotatable bonds is 7. The Balaban J connectivity index is 1.32. The lowest BCUT2D eigenvalue weighted by atomic mass is 10.2. The monoisotopic (exact) mass is 482 g/mol. The fraction of sp³-hybridized carbons (Fsp3) is 0.391. The molecule has 1 N–H and O–H groups in total. The molecule has 11 heteroatoms. The van der Waals surface area contributed by atoms with Gasteiger partial charge in [0.1, 0.15) is 5.82 Å². The summed E-state index contributed by atoms with van der Waals surface area (Å²) in [4.78, 5) is 18.3. The van der Waals surface area contributed by atoms with Crippen molar-refractivity contribution in [2.75, 3.05) is 67.8 Å². The number of nitrogens with one attached hydrogen (secondary N) is 1. The zero-order valence-electron chi connectivity index (χ0n) is 18.8. The van der Waals surface area contributed by atoms with Gasteiger partial charge in [-0.15, -0.1) is 0 Å². The Morgan fingerprint density at radius 2 is 1.68 bits per heavy atom. The van der Waals surface area contributed by atoms with Crippen LogP contribution in [0.15, 0.2) is 47.8 Å². The highest BCUT2D eigenvalue weighted by molar-refractivity contribution is 6.30. The molecule has 34 heavy (non-hydrogen) atoms. The summed E-state index contributed by atoms with van der Waals surface area (Å²) in [6.07, 6.45) is 5.38. The first-order chi connectivity index (χ1) is 16.7. The second-order valence-electron chi connectivity index (χ2n) is 8.02. The predicted octanol–water partition coefficient (Wildman–Crippen LogP) is 2.49. The number of hydrogen-bond acceptors (Lipinski definition) is 9. The number of hydrogen-bond donors (Lipinski definition) is 1. The smallest absolute Gasteiger partial charge is 0.229 e. The van der Waals surface area contributed by atoms with Gasteiger partial charge >= 0.3 is 0 Å². The molecule has 0 saturated carbocycles. The van der Waals surface area contributed by atoms with Crippen molar-refractivity contribution in [2.45, 2.75) is 6.54 Å². The van der Waals surface area contributed by atoms with Crippen molar-refractivity contribution < 1.29 is 9.47 Å². The normalized spacial score (nSPS) is 16.9. The lowest BCUT2D eigenvalue weighted by molar-refractivity contribution is 0.121. The lowest BCUT2D eigenvalue weighted by Gasteiger charge is -2.31. The molecule has 2 aliphatic heterocycles. The summed E-state index contributed by atoms with van der Waals surface area (Å²) in [5, 5.41) is 5.14. The van der Waals surface area contributed by atoms with E-state index < -0.39 is 0 Å². The fourth-order valence-corrected chi connectivity index (χ4v) is 3.99. The van der Waals surface area contributed by atoms with Crippen LogP contribution in [0.2, 0.25) is 5.02 Å². The van der Waals surface area contributed by atoms with Gasteiger partial charge < -0.3 is 23.8 Å². The summed E-state index contributed by atoms with van der Waals surface area (Å²) in [6, 6.07) is 9.70. The van der Waals surface area contributed by atoms with Crippen LogP contribution in [0.25, 0.3) is 0 Å². The Bertz CT molecular complexity index is 1070. The highest BCUT2D eigenvalue weighted by atomic mass is 35.5. The molecule has 0 bridgehead atoms. The summed E-state index contributed by atoms with van der Waals surface area (Å²) in [6.45, 7) is 6.50. The molecule has 0 spiro atoms. The van der Waals surface area contributed by atoms with E-state index in [4.69, 9.17) is 31.0 Å². The molecule has 0 aliphatic carbocycles. The van der Waals surface area contributed by atoms with Crippen LogP contribution in [0, 0.1) is 0 Å². The SMILES string of the molecule is Clc1ccc(Cn2ccnc2/C=N/Nc2cc(N3CCOCC3)nc(N3CCOCC3)n2)cc1. The van der Waals surface area contributed by atoms with Crippen LogP contribution in [0.1, 0.15) is 11.4 Å². The zero-order chi connectivity index (χ0) is 23.2.